The molecule has 2 saturated heterocycles. The molecule has 2 nitrogen and oxygen atoms in total. The number of fused-ring (bicyclic) bond motifs is 2. The van der Waals surface area contributed by atoms with Gasteiger partial charge >= 0.3 is 0 Å². The van der Waals surface area contributed by atoms with Crippen molar-refractivity contribution < 1.29 is 0 Å². The summed E-state index contributed by atoms with van der Waals surface area (Å²) in [6.45, 7) is 7.19. The normalized spacial score (nSPS) is 30.6. The molecule has 0 amide bonds. The lowest BCUT2D eigenvalue weighted by atomic mass is 9.94. The van der Waals surface area contributed by atoms with E-state index in [9.17, 15) is 0 Å². The topological polar surface area (TPSA) is 15.3 Å². The van der Waals surface area contributed by atoms with Crippen molar-refractivity contribution >= 4 is 0 Å². The van der Waals surface area contributed by atoms with Gasteiger partial charge in [-0.05, 0) is 49.4 Å². The molecule has 18 heavy (non-hydrogen) atoms. The van der Waals surface area contributed by atoms with E-state index in [1.54, 1.807) is 0 Å². The first-order valence-corrected chi connectivity index (χ1v) is 7.38. The van der Waals surface area contributed by atoms with Gasteiger partial charge in [0.15, 0.2) is 0 Å². The third-order valence-corrected chi connectivity index (χ3v) is 4.63. The second-order valence-corrected chi connectivity index (χ2v) is 5.80. The van der Waals surface area contributed by atoms with Crippen LogP contribution in [0.2, 0.25) is 0 Å². The van der Waals surface area contributed by atoms with Crippen LogP contribution in [0.4, 0.5) is 0 Å². The number of hydrogen-bond donors (Lipinski definition) is 1. The van der Waals surface area contributed by atoms with Gasteiger partial charge in [0.2, 0.25) is 0 Å². The van der Waals surface area contributed by atoms with Crippen LogP contribution in [0.5, 0.6) is 0 Å². The molecule has 2 aliphatic rings. The number of piperidine rings is 1. The average Bonchev–Trinajstić information content (AvgIpc) is 2.81. The summed E-state index contributed by atoms with van der Waals surface area (Å²) in [4.78, 5) is 2.61. The van der Waals surface area contributed by atoms with Crippen molar-refractivity contribution in [3.05, 3.63) is 35.4 Å². The highest BCUT2D eigenvalue weighted by molar-refractivity contribution is 5.22. The highest BCUT2D eigenvalue weighted by Crippen LogP contribution is 2.27. The van der Waals surface area contributed by atoms with Gasteiger partial charge in [0.05, 0.1) is 0 Å². The van der Waals surface area contributed by atoms with E-state index in [1.165, 1.54) is 43.6 Å². The van der Waals surface area contributed by atoms with E-state index in [1.807, 2.05) is 0 Å². The van der Waals surface area contributed by atoms with Gasteiger partial charge in [-0.25, -0.2) is 0 Å². The summed E-state index contributed by atoms with van der Waals surface area (Å²) in [5.41, 5.74) is 2.86. The van der Waals surface area contributed by atoms with Gasteiger partial charge in [-0.1, -0.05) is 31.2 Å². The summed E-state index contributed by atoms with van der Waals surface area (Å²) < 4.78 is 0. The van der Waals surface area contributed by atoms with E-state index in [0.717, 1.165) is 24.9 Å². The summed E-state index contributed by atoms with van der Waals surface area (Å²) in [6.07, 6.45) is 3.86. The van der Waals surface area contributed by atoms with Gasteiger partial charge in [0.1, 0.15) is 0 Å². The van der Waals surface area contributed by atoms with Gasteiger partial charge in [0.25, 0.3) is 0 Å². The third kappa shape index (κ3) is 2.60. The van der Waals surface area contributed by atoms with Crippen molar-refractivity contribution in [2.75, 3.05) is 19.6 Å². The number of aryl methyl sites for hydroxylation is 1. The summed E-state index contributed by atoms with van der Waals surface area (Å²) in [6, 6.07) is 9.81. The Balaban J connectivity index is 1.53. The van der Waals surface area contributed by atoms with Crippen LogP contribution in [0, 0.1) is 5.92 Å². The number of rotatable bonds is 4. The first kappa shape index (κ1) is 12.2. The maximum atomic E-state index is 3.78. The van der Waals surface area contributed by atoms with Gasteiger partial charge < -0.3 is 10.2 Å². The van der Waals surface area contributed by atoms with Crippen LogP contribution in [0.1, 0.15) is 30.9 Å². The van der Waals surface area contributed by atoms with Crippen LogP contribution < -0.4 is 5.32 Å². The lowest BCUT2D eigenvalue weighted by Gasteiger charge is -2.31. The first-order chi connectivity index (χ1) is 8.85. The molecule has 3 atom stereocenters. The largest absolute Gasteiger partial charge is 0.310 e. The zero-order chi connectivity index (χ0) is 12.4. The van der Waals surface area contributed by atoms with Crippen LogP contribution in [0.15, 0.2) is 24.3 Å². The lowest BCUT2D eigenvalue weighted by molar-refractivity contribution is 0.220. The predicted molar refractivity (Wildman–Crippen MR) is 75.6 cm³/mol. The smallest absolute Gasteiger partial charge is 0.0208 e. The van der Waals surface area contributed by atoms with Gasteiger partial charge in [0, 0.05) is 19.1 Å². The van der Waals surface area contributed by atoms with Gasteiger partial charge in [-0.3, -0.25) is 0 Å². The maximum Gasteiger partial charge on any atom is 0.0208 e. The molecule has 0 aromatic heterocycles. The van der Waals surface area contributed by atoms with E-state index in [-0.39, 0.29) is 0 Å². The predicted octanol–water partition coefficient (Wildman–Crippen LogP) is 2.43. The third-order valence-electron chi connectivity index (χ3n) is 4.63. The molecule has 2 bridgehead atoms. The van der Waals surface area contributed by atoms with Crippen LogP contribution in [-0.2, 0) is 13.0 Å². The fourth-order valence-corrected chi connectivity index (χ4v) is 3.36. The maximum absolute atomic E-state index is 3.78. The van der Waals surface area contributed by atoms with E-state index >= 15 is 0 Å². The van der Waals surface area contributed by atoms with E-state index in [2.05, 4.69) is 41.4 Å². The van der Waals surface area contributed by atoms with Crippen molar-refractivity contribution in [1.82, 2.24) is 10.2 Å². The van der Waals surface area contributed by atoms with Crippen LogP contribution in [-0.4, -0.2) is 30.6 Å². The molecular weight excluding hydrogens is 220 g/mol. The Labute approximate surface area is 110 Å². The van der Waals surface area contributed by atoms with E-state index in [4.69, 9.17) is 0 Å². The zero-order valence-electron chi connectivity index (χ0n) is 11.4. The van der Waals surface area contributed by atoms with E-state index in [0.29, 0.717) is 0 Å². The van der Waals surface area contributed by atoms with Gasteiger partial charge in [-0.15, -0.1) is 0 Å². The molecule has 2 heterocycles. The monoisotopic (exact) mass is 244 g/mol. The first-order valence-electron chi connectivity index (χ1n) is 7.38. The molecule has 0 saturated carbocycles. The molecule has 1 aromatic rings. The quantitative estimate of drug-likeness (QED) is 0.875. The Morgan fingerprint density at radius 3 is 2.61 bits per heavy atom. The molecule has 1 aromatic carbocycles. The molecule has 0 spiro atoms. The van der Waals surface area contributed by atoms with Crippen molar-refractivity contribution in [2.45, 2.75) is 38.8 Å². The molecule has 98 valence electrons. The molecule has 1 N–H and O–H groups in total. The molecule has 2 heteroatoms. The highest BCUT2D eigenvalue weighted by Gasteiger charge is 2.33. The molecule has 0 aliphatic carbocycles. The van der Waals surface area contributed by atoms with Crippen LogP contribution in [0.3, 0.4) is 0 Å². The van der Waals surface area contributed by atoms with Crippen molar-refractivity contribution in [1.29, 1.82) is 0 Å². The molecule has 0 radical (unpaired) electrons. The average molecular weight is 244 g/mol. The Hall–Kier alpha value is -0.860. The Morgan fingerprint density at radius 1 is 1.11 bits per heavy atom. The zero-order valence-corrected chi connectivity index (χ0v) is 11.4. The Kier molecular flexibility index (Phi) is 3.67. The van der Waals surface area contributed by atoms with Gasteiger partial charge in [-0.2, -0.15) is 0 Å². The summed E-state index contributed by atoms with van der Waals surface area (Å²) in [5, 5.41) is 3.78. The van der Waals surface area contributed by atoms with Crippen molar-refractivity contribution in [2.24, 2.45) is 5.92 Å². The number of hydrogen-bond acceptors (Lipinski definition) is 2. The fraction of sp³-hybridized carbons (Fsp3) is 0.625. The minimum Gasteiger partial charge on any atom is -0.310 e. The lowest BCUT2D eigenvalue weighted by Crippen LogP contribution is -2.43. The van der Waals surface area contributed by atoms with Crippen molar-refractivity contribution in [3.8, 4) is 0 Å². The fourth-order valence-electron chi connectivity index (χ4n) is 3.36. The number of nitrogens with zero attached hydrogens (tertiary/aromatic N) is 1. The summed E-state index contributed by atoms with van der Waals surface area (Å²) in [5.74, 6) is 0.897. The number of nitrogens with one attached hydrogen (secondary N) is 1. The Bertz CT molecular complexity index is 385. The Morgan fingerprint density at radius 2 is 1.83 bits per heavy atom. The molecular formula is C16H24N2. The minimum absolute atomic E-state index is 0.745. The standard InChI is InChI=1S/C16H24N2/c1-2-13-3-5-14(6-4-13)11-17-16-8-10-18-9-7-15(16)12-18/h3-6,15-17H,2,7-12H2,1H3. The summed E-state index contributed by atoms with van der Waals surface area (Å²) in [7, 11) is 0. The molecule has 3 unspecified atom stereocenters. The SMILES string of the molecule is CCc1ccc(CNC2CCN3CCC2C3)cc1. The second kappa shape index (κ2) is 5.41. The van der Waals surface area contributed by atoms with E-state index < -0.39 is 0 Å². The van der Waals surface area contributed by atoms with Crippen LogP contribution in [0.25, 0.3) is 0 Å². The summed E-state index contributed by atoms with van der Waals surface area (Å²) >= 11 is 0. The highest BCUT2D eigenvalue weighted by atomic mass is 15.2. The molecule has 2 fully saturated rings. The number of benzene rings is 1. The molecule has 2 aliphatic heterocycles. The minimum atomic E-state index is 0.745. The molecule has 3 rings (SSSR count). The second-order valence-electron chi connectivity index (χ2n) is 5.80. The van der Waals surface area contributed by atoms with Crippen LogP contribution >= 0.6 is 0 Å². The van der Waals surface area contributed by atoms with Crippen molar-refractivity contribution in [3.63, 3.8) is 0 Å².